The molecule has 0 heteroatoms. The summed E-state index contributed by atoms with van der Waals surface area (Å²) in [5, 5.41) is 0. The van der Waals surface area contributed by atoms with Crippen molar-refractivity contribution >= 4 is 0 Å². The van der Waals surface area contributed by atoms with Gasteiger partial charge in [-0.1, -0.05) is 25.5 Å². The van der Waals surface area contributed by atoms with Crippen LogP contribution in [0.5, 0.6) is 0 Å². The molecule has 2 aliphatic rings. The Labute approximate surface area is 63.3 Å². The molecule has 2 rings (SSSR count). The molecule has 56 valence electrons. The van der Waals surface area contributed by atoms with Crippen LogP contribution in [0.1, 0.15) is 33.6 Å². The lowest BCUT2D eigenvalue weighted by Gasteiger charge is -2.05. The average Bonchev–Trinajstić information content (AvgIpc) is 2.36. The molecule has 0 radical (unpaired) electrons. The maximum Gasteiger partial charge on any atom is -0.0286 e. The molecule has 0 heterocycles. The van der Waals surface area contributed by atoms with Crippen molar-refractivity contribution in [3.63, 3.8) is 0 Å². The van der Waals surface area contributed by atoms with Crippen LogP contribution in [0.4, 0.5) is 0 Å². The van der Waals surface area contributed by atoms with Crippen LogP contribution in [-0.4, -0.2) is 0 Å². The van der Waals surface area contributed by atoms with E-state index in [1.54, 1.807) is 5.57 Å². The lowest BCUT2D eigenvalue weighted by Crippen LogP contribution is -1.90. The Bertz CT molecular complexity index is 186. The van der Waals surface area contributed by atoms with Gasteiger partial charge in [-0.05, 0) is 37.0 Å². The summed E-state index contributed by atoms with van der Waals surface area (Å²) >= 11 is 0. The molecule has 0 aliphatic heterocycles. The van der Waals surface area contributed by atoms with Gasteiger partial charge >= 0.3 is 0 Å². The van der Waals surface area contributed by atoms with Crippen LogP contribution in [0.3, 0.4) is 0 Å². The Kier molecular flexibility index (Phi) is 1.07. The molecule has 0 amide bonds. The zero-order valence-electron chi connectivity index (χ0n) is 7.15. The van der Waals surface area contributed by atoms with Crippen molar-refractivity contribution in [1.82, 2.24) is 0 Å². The molecule has 0 spiro atoms. The minimum atomic E-state index is 0.675. The van der Waals surface area contributed by atoms with Crippen LogP contribution in [0.25, 0.3) is 0 Å². The average molecular weight is 136 g/mol. The highest BCUT2D eigenvalue weighted by atomic mass is 14.6. The molecule has 0 nitrogen and oxygen atoms in total. The second-order valence-electron chi connectivity index (χ2n) is 4.52. The molecular weight excluding hydrogens is 120 g/mol. The number of hydrogen-bond acceptors (Lipinski definition) is 0. The van der Waals surface area contributed by atoms with E-state index < -0.39 is 0 Å². The van der Waals surface area contributed by atoms with E-state index in [9.17, 15) is 0 Å². The fourth-order valence-electron chi connectivity index (χ4n) is 2.49. The number of hydrogen-bond donors (Lipinski definition) is 0. The van der Waals surface area contributed by atoms with Crippen LogP contribution in [0.15, 0.2) is 11.6 Å². The van der Waals surface area contributed by atoms with Gasteiger partial charge in [0.05, 0.1) is 0 Å². The van der Waals surface area contributed by atoms with E-state index in [0.29, 0.717) is 5.41 Å². The molecule has 0 N–H and O–H groups in total. The first-order chi connectivity index (χ1) is 4.62. The van der Waals surface area contributed by atoms with E-state index in [1.807, 2.05) is 0 Å². The standard InChI is InChI=1S/C10H16/c1-7-4-5-8-9(6-7)10(8,2)3/h4,8-9H,5-6H2,1-3H3/t8-,9-/m0/s1. The molecule has 0 saturated heterocycles. The first kappa shape index (κ1) is 6.45. The quantitative estimate of drug-likeness (QED) is 0.449. The fraction of sp³-hybridized carbons (Fsp3) is 0.800. The Hall–Kier alpha value is -0.260. The van der Waals surface area contributed by atoms with Gasteiger partial charge in [-0.15, -0.1) is 0 Å². The largest absolute Gasteiger partial charge is 0.0853 e. The number of fused-ring (bicyclic) bond motifs is 1. The molecule has 0 bridgehead atoms. The second-order valence-corrected chi connectivity index (χ2v) is 4.52. The third kappa shape index (κ3) is 0.680. The SMILES string of the molecule is CC1=CC[C@H]2[C@H](C1)C2(C)C. The lowest BCUT2D eigenvalue weighted by molar-refractivity contribution is 0.542. The van der Waals surface area contributed by atoms with Crippen LogP contribution < -0.4 is 0 Å². The van der Waals surface area contributed by atoms with E-state index in [1.165, 1.54) is 12.8 Å². The highest BCUT2D eigenvalue weighted by Gasteiger charge is 2.57. The first-order valence-electron chi connectivity index (χ1n) is 4.28. The van der Waals surface area contributed by atoms with Gasteiger partial charge in [-0.25, -0.2) is 0 Å². The van der Waals surface area contributed by atoms with Crippen LogP contribution in [0, 0.1) is 17.3 Å². The first-order valence-corrected chi connectivity index (χ1v) is 4.28. The monoisotopic (exact) mass is 136 g/mol. The topological polar surface area (TPSA) is 0 Å². The third-order valence-electron chi connectivity index (χ3n) is 3.55. The van der Waals surface area contributed by atoms with Crippen molar-refractivity contribution in [3.05, 3.63) is 11.6 Å². The zero-order valence-corrected chi connectivity index (χ0v) is 7.15. The molecule has 10 heavy (non-hydrogen) atoms. The van der Waals surface area contributed by atoms with Gasteiger partial charge in [0, 0.05) is 0 Å². The van der Waals surface area contributed by atoms with Gasteiger partial charge < -0.3 is 0 Å². The highest BCUT2D eigenvalue weighted by molar-refractivity contribution is 5.18. The van der Waals surface area contributed by atoms with Crippen LogP contribution in [0.2, 0.25) is 0 Å². The van der Waals surface area contributed by atoms with Crippen molar-refractivity contribution in [2.75, 3.05) is 0 Å². The van der Waals surface area contributed by atoms with Crippen molar-refractivity contribution in [2.45, 2.75) is 33.6 Å². The van der Waals surface area contributed by atoms with E-state index in [4.69, 9.17) is 0 Å². The summed E-state index contributed by atoms with van der Waals surface area (Å²) in [6.45, 7) is 7.09. The molecule has 0 aromatic rings. The van der Waals surface area contributed by atoms with E-state index in [0.717, 1.165) is 11.8 Å². The summed E-state index contributed by atoms with van der Waals surface area (Å²) < 4.78 is 0. The summed E-state index contributed by atoms with van der Waals surface area (Å²) in [5.41, 5.74) is 2.29. The Morgan fingerprint density at radius 2 is 2.10 bits per heavy atom. The van der Waals surface area contributed by atoms with Gasteiger partial charge in [0.1, 0.15) is 0 Å². The fourth-order valence-corrected chi connectivity index (χ4v) is 2.49. The van der Waals surface area contributed by atoms with Crippen molar-refractivity contribution < 1.29 is 0 Å². The lowest BCUT2D eigenvalue weighted by atomic mass is 10.0. The van der Waals surface area contributed by atoms with E-state index in [-0.39, 0.29) is 0 Å². The Morgan fingerprint density at radius 1 is 1.40 bits per heavy atom. The molecule has 0 aromatic carbocycles. The highest BCUT2D eigenvalue weighted by Crippen LogP contribution is 2.64. The van der Waals surface area contributed by atoms with Crippen LogP contribution in [-0.2, 0) is 0 Å². The second kappa shape index (κ2) is 1.66. The zero-order chi connectivity index (χ0) is 7.35. The van der Waals surface area contributed by atoms with Gasteiger partial charge in [-0.3, -0.25) is 0 Å². The predicted octanol–water partition coefficient (Wildman–Crippen LogP) is 3.00. The summed E-state index contributed by atoms with van der Waals surface area (Å²) in [4.78, 5) is 0. The van der Waals surface area contributed by atoms with E-state index in [2.05, 4.69) is 26.8 Å². The Balaban J connectivity index is 2.13. The van der Waals surface area contributed by atoms with Gasteiger partial charge in [0.25, 0.3) is 0 Å². The summed E-state index contributed by atoms with van der Waals surface area (Å²) in [6.07, 6.45) is 5.15. The van der Waals surface area contributed by atoms with Gasteiger partial charge in [-0.2, -0.15) is 0 Å². The molecule has 2 atom stereocenters. The van der Waals surface area contributed by atoms with Crippen molar-refractivity contribution in [2.24, 2.45) is 17.3 Å². The molecular formula is C10H16. The molecule has 2 aliphatic carbocycles. The minimum Gasteiger partial charge on any atom is -0.0853 e. The maximum atomic E-state index is 2.43. The van der Waals surface area contributed by atoms with Crippen LogP contribution >= 0.6 is 0 Å². The number of rotatable bonds is 0. The molecule has 1 fully saturated rings. The summed E-state index contributed by atoms with van der Waals surface area (Å²) in [5.74, 6) is 2.05. The Morgan fingerprint density at radius 3 is 2.60 bits per heavy atom. The predicted molar refractivity (Wildman–Crippen MR) is 43.8 cm³/mol. The normalized spacial score (nSPS) is 42.1. The summed E-state index contributed by atoms with van der Waals surface area (Å²) in [6, 6.07) is 0. The third-order valence-corrected chi connectivity index (χ3v) is 3.55. The molecule has 0 unspecified atom stereocenters. The summed E-state index contributed by atoms with van der Waals surface area (Å²) in [7, 11) is 0. The van der Waals surface area contributed by atoms with E-state index >= 15 is 0 Å². The maximum absolute atomic E-state index is 2.43. The molecule has 1 saturated carbocycles. The van der Waals surface area contributed by atoms with Crippen molar-refractivity contribution in [3.8, 4) is 0 Å². The minimum absolute atomic E-state index is 0.675. The smallest absolute Gasteiger partial charge is 0.0286 e. The number of allylic oxidation sites excluding steroid dienone is 2. The molecule has 0 aromatic heterocycles. The van der Waals surface area contributed by atoms with Gasteiger partial charge in [0.2, 0.25) is 0 Å². The van der Waals surface area contributed by atoms with Crippen molar-refractivity contribution in [1.29, 1.82) is 0 Å². The van der Waals surface area contributed by atoms with Gasteiger partial charge in [0.15, 0.2) is 0 Å².